The highest BCUT2D eigenvalue weighted by Gasteiger charge is 2.31. The average molecular weight is 296 g/mol. The maximum Gasteiger partial charge on any atom is 0.416 e. The first-order chi connectivity index (χ1) is 7.34. The van der Waals surface area contributed by atoms with Gasteiger partial charge in [-0.1, -0.05) is 22.9 Å². The van der Waals surface area contributed by atoms with Crippen molar-refractivity contribution in [2.45, 2.75) is 25.4 Å². The summed E-state index contributed by atoms with van der Waals surface area (Å²) < 4.78 is 38.1. The number of hydrogen-bond donors (Lipinski definition) is 1. The van der Waals surface area contributed by atoms with E-state index in [0.29, 0.717) is 23.0 Å². The highest BCUT2D eigenvalue weighted by Crippen LogP contribution is 2.34. The van der Waals surface area contributed by atoms with Gasteiger partial charge in [-0.2, -0.15) is 13.2 Å². The molecule has 1 atom stereocenters. The third-order valence-corrected chi connectivity index (χ3v) is 2.87. The fraction of sp³-hybridized carbons (Fsp3) is 0.455. The van der Waals surface area contributed by atoms with Gasteiger partial charge >= 0.3 is 6.18 Å². The van der Waals surface area contributed by atoms with Crippen LogP contribution >= 0.6 is 15.9 Å². The predicted octanol–water partition coefficient (Wildman–Crippen LogP) is 3.92. The van der Waals surface area contributed by atoms with E-state index in [-0.39, 0.29) is 5.92 Å². The van der Waals surface area contributed by atoms with Crippen molar-refractivity contribution in [1.29, 1.82) is 0 Å². The molecule has 5 heteroatoms. The highest BCUT2D eigenvalue weighted by molar-refractivity contribution is 9.10. The Bertz CT molecular complexity index is 363. The van der Waals surface area contributed by atoms with E-state index >= 15 is 0 Å². The summed E-state index contributed by atoms with van der Waals surface area (Å²) in [5.74, 6) is 0.0311. The Labute approximate surface area is 101 Å². The maximum absolute atomic E-state index is 12.6. The van der Waals surface area contributed by atoms with Gasteiger partial charge in [-0.05, 0) is 42.6 Å². The molecule has 16 heavy (non-hydrogen) atoms. The number of hydrogen-bond acceptors (Lipinski definition) is 1. The van der Waals surface area contributed by atoms with Crippen molar-refractivity contribution >= 4 is 15.9 Å². The van der Waals surface area contributed by atoms with Gasteiger partial charge in [0.05, 0.1) is 5.56 Å². The van der Waals surface area contributed by atoms with Crippen LogP contribution in [0, 0.1) is 0 Å². The summed E-state index contributed by atoms with van der Waals surface area (Å²) in [5.41, 5.74) is 5.43. The van der Waals surface area contributed by atoms with Crippen LogP contribution < -0.4 is 5.73 Å². The molecule has 1 nitrogen and oxygen atoms in total. The molecule has 1 rings (SSSR count). The second-order valence-corrected chi connectivity index (χ2v) is 4.67. The lowest BCUT2D eigenvalue weighted by molar-refractivity contribution is -0.137. The van der Waals surface area contributed by atoms with Gasteiger partial charge in [0.1, 0.15) is 0 Å². The summed E-state index contributed by atoms with van der Waals surface area (Å²) in [6, 6.07) is 3.97. The second-order valence-electron chi connectivity index (χ2n) is 3.75. The zero-order chi connectivity index (χ0) is 12.3. The van der Waals surface area contributed by atoms with Gasteiger partial charge in [0.2, 0.25) is 0 Å². The molecule has 0 fully saturated rings. The molecule has 1 aromatic rings. The lowest BCUT2D eigenvalue weighted by Gasteiger charge is -2.14. The molecule has 0 spiro atoms. The van der Waals surface area contributed by atoms with Gasteiger partial charge in [-0.3, -0.25) is 0 Å². The first kappa shape index (κ1) is 13.5. The summed E-state index contributed by atoms with van der Waals surface area (Å²) in [6.45, 7) is 2.34. The third-order valence-electron chi connectivity index (χ3n) is 2.42. The van der Waals surface area contributed by atoms with Crippen LogP contribution in [0.1, 0.15) is 30.4 Å². The zero-order valence-electron chi connectivity index (χ0n) is 8.81. The molecule has 1 unspecified atom stereocenters. The molecule has 0 aromatic heterocycles. The maximum atomic E-state index is 12.6. The summed E-state index contributed by atoms with van der Waals surface area (Å²) >= 11 is 3.09. The molecule has 0 radical (unpaired) electrons. The number of rotatable bonds is 3. The smallest absolute Gasteiger partial charge is 0.330 e. The van der Waals surface area contributed by atoms with Crippen LogP contribution in [0.4, 0.5) is 13.2 Å². The summed E-state index contributed by atoms with van der Waals surface area (Å²) in [5, 5.41) is 0. The molecule has 0 aliphatic carbocycles. The van der Waals surface area contributed by atoms with Crippen LogP contribution in [-0.2, 0) is 6.18 Å². The molecule has 0 amide bonds. The van der Waals surface area contributed by atoms with E-state index in [9.17, 15) is 13.2 Å². The van der Waals surface area contributed by atoms with Gasteiger partial charge in [0, 0.05) is 4.47 Å². The predicted molar refractivity (Wildman–Crippen MR) is 61.2 cm³/mol. The summed E-state index contributed by atoms with van der Waals surface area (Å²) in [4.78, 5) is 0. The van der Waals surface area contributed by atoms with Crippen molar-refractivity contribution in [2.24, 2.45) is 5.73 Å². The van der Waals surface area contributed by atoms with Crippen LogP contribution in [0.25, 0.3) is 0 Å². The van der Waals surface area contributed by atoms with Crippen molar-refractivity contribution < 1.29 is 13.2 Å². The van der Waals surface area contributed by atoms with Crippen molar-refractivity contribution in [3.8, 4) is 0 Å². The number of nitrogens with two attached hydrogens (primary N) is 1. The second kappa shape index (κ2) is 5.19. The Morgan fingerprint density at radius 1 is 1.31 bits per heavy atom. The van der Waals surface area contributed by atoms with Crippen molar-refractivity contribution in [3.05, 3.63) is 33.8 Å². The highest BCUT2D eigenvalue weighted by atomic mass is 79.9. The Kier molecular flexibility index (Phi) is 4.38. The van der Waals surface area contributed by atoms with Crippen LogP contribution in [0.15, 0.2) is 22.7 Å². The van der Waals surface area contributed by atoms with Crippen LogP contribution in [0.2, 0.25) is 0 Å². The van der Waals surface area contributed by atoms with Crippen LogP contribution in [-0.4, -0.2) is 6.54 Å². The molecule has 0 heterocycles. The molecule has 1 aromatic carbocycles. The van der Waals surface area contributed by atoms with Gasteiger partial charge in [-0.15, -0.1) is 0 Å². The number of halogens is 4. The topological polar surface area (TPSA) is 26.0 Å². The fourth-order valence-corrected chi connectivity index (χ4v) is 1.99. The van der Waals surface area contributed by atoms with Gasteiger partial charge in [-0.25, -0.2) is 0 Å². The minimum Gasteiger partial charge on any atom is -0.330 e. The monoisotopic (exact) mass is 295 g/mol. The fourth-order valence-electron chi connectivity index (χ4n) is 1.48. The molecule has 0 saturated carbocycles. The van der Waals surface area contributed by atoms with Gasteiger partial charge < -0.3 is 5.73 Å². The van der Waals surface area contributed by atoms with E-state index < -0.39 is 11.7 Å². The van der Waals surface area contributed by atoms with Crippen molar-refractivity contribution in [1.82, 2.24) is 0 Å². The average Bonchev–Trinajstić information content (AvgIpc) is 2.16. The van der Waals surface area contributed by atoms with E-state index in [1.807, 2.05) is 6.92 Å². The molecule has 90 valence electrons. The van der Waals surface area contributed by atoms with Gasteiger partial charge in [0.15, 0.2) is 0 Å². The largest absolute Gasteiger partial charge is 0.416 e. The van der Waals surface area contributed by atoms with E-state index in [0.717, 1.165) is 6.07 Å². The Morgan fingerprint density at radius 3 is 2.44 bits per heavy atom. The Morgan fingerprint density at radius 2 is 1.94 bits per heavy atom. The van der Waals surface area contributed by atoms with Crippen molar-refractivity contribution in [2.75, 3.05) is 6.54 Å². The summed E-state index contributed by atoms with van der Waals surface area (Å²) in [7, 11) is 0. The van der Waals surface area contributed by atoms with Gasteiger partial charge in [0.25, 0.3) is 0 Å². The lowest BCUT2D eigenvalue weighted by Crippen LogP contribution is -2.08. The molecule has 0 bridgehead atoms. The Balaban J connectivity index is 3.08. The standard InChI is InChI=1S/C11H13BrF3N/c1-7(2-3-16)8-4-9(11(13,14)15)6-10(12)5-8/h4-7H,2-3,16H2,1H3. The minimum absolute atomic E-state index is 0.0311. The molecule has 0 aliphatic heterocycles. The molecule has 0 saturated heterocycles. The third kappa shape index (κ3) is 3.49. The quantitative estimate of drug-likeness (QED) is 0.899. The molecular formula is C11H13BrF3N. The number of benzene rings is 1. The zero-order valence-corrected chi connectivity index (χ0v) is 10.4. The molecular weight excluding hydrogens is 283 g/mol. The first-order valence-corrected chi connectivity index (χ1v) is 5.71. The van der Waals surface area contributed by atoms with Crippen molar-refractivity contribution in [3.63, 3.8) is 0 Å². The van der Waals surface area contributed by atoms with E-state index in [2.05, 4.69) is 15.9 Å². The molecule has 2 N–H and O–H groups in total. The number of alkyl halides is 3. The van der Waals surface area contributed by atoms with E-state index in [1.165, 1.54) is 6.07 Å². The normalized spacial score (nSPS) is 13.9. The molecule has 0 aliphatic rings. The first-order valence-electron chi connectivity index (χ1n) is 4.92. The SMILES string of the molecule is CC(CCN)c1cc(Br)cc(C(F)(F)F)c1. The Hall–Kier alpha value is -0.550. The van der Waals surface area contributed by atoms with E-state index in [1.54, 1.807) is 6.07 Å². The van der Waals surface area contributed by atoms with Crippen LogP contribution in [0.5, 0.6) is 0 Å². The lowest BCUT2D eigenvalue weighted by atomic mass is 9.96. The van der Waals surface area contributed by atoms with E-state index in [4.69, 9.17) is 5.73 Å². The minimum atomic E-state index is -4.30. The summed E-state index contributed by atoms with van der Waals surface area (Å²) in [6.07, 6.45) is -3.63. The van der Waals surface area contributed by atoms with Crippen LogP contribution in [0.3, 0.4) is 0 Å².